The van der Waals surface area contributed by atoms with E-state index in [1.165, 1.54) is 109 Å². The number of rotatable bonds is 23. The number of carbonyl (C=O) groups is 3. The van der Waals surface area contributed by atoms with Gasteiger partial charge < -0.3 is 21.7 Å². The van der Waals surface area contributed by atoms with Crippen molar-refractivity contribution in [3.63, 3.8) is 0 Å². The summed E-state index contributed by atoms with van der Waals surface area (Å²) in [6.07, 6.45) is 25.8. The van der Waals surface area contributed by atoms with Crippen molar-refractivity contribution in [2.75, 3.05) is 0 Å². The predicted molar refractivity (Wildman–Crippen MR) is 135 cm³/mol. The number of aliphatic carboxylic acids is 2. The number of carboxylic acids is 2. The van der Waals surface area contributed by atoms with Crippen LogP contribution in [0.4, 0.5) is 0 Å². The molecule has 0 radical (unpaired) electrons. The van der Waals surface area contributed by atoms with Crippen LogP contribution in [0.2, 0.25) is 0 Å². The monoisotopic (exact) mass is 472 g/mol. The van der Waals surface area contributed by atoms with E-state index in [1.807, 2.05) is 0 Å². The average molecular weight is 473 g/mol. The number of primary amides is 1. The van der Waals surface area contributed by atoms with E-state index in [4.69, 9.17) is 15.9 Å². The summed E-state index contributed by atoms with van der Waals surface area (Å²) >= 11 is 0. The topological polar surface area (TPSA) is 144 Å². The Hall–Kier alpha value is -1.63. The Bertz CT molecular complexity index is 472. The van der Waals surface area contributed by atoms with Crippen LogP contribution in [-0.4, -0.2) is 34.1 Å². The van der Waals surface area contributed by atoms with E-state index in [2.05, 4.69) is 12.7 Å². The highest BCUT2D eigenvalue weighted by Gasteiger charge is 2.13. The lowest BCUT2D eigenvalue weighted by Crippen LogP contribution is -2.34. The molecule has 0 heterocycles. The zero-order valence-electron chi connectivity index (χ0n) is 21.2. The van der Waals surface area contributed by atoms with Gasteiger partial charge in [-0.3, -0.25) is 14.4 Å². The maximum Gasteiger partial charge on any atom is 0.321 e. The van der Waals surface area contributed by atoms with Gasteiger partial charge in [0, 0.05) is 6.42 Å². The average Bonchev–Trinajstić information content (AvgIpc) is 2.75. The Labute approximate surface area is 202 Å². The molecule has 0 saturated carbocycles. The van der Waals surface area contributed by atoms with Crippen molar-refractivity contribution in [2.24, 2.45) is 11.5 Å². The fraction of sp³-hybridized carbons (Fsp3) is 0.885. The van der Waals surface area contributed by atoms with Crippen LogP contribution in [0.3, 0.4) is 0 Å². The zero-order valence-corrected chi connectivity index (χ0v) is 21.2. The van der Waals surface area contributed by atoms with Crippen LogP contribution in [0.5, 0.6) is 0 Å². The van der Waals surface area contributed by atoms with Gasteiger partial charge in [-0.15, -0.1) is 0 Å². The van der Waals surface area contributed by atoms with Crippen molar-refractivity contribution in [1.29, 1.82) is 0 Å². The van der Waals surface area contributed by atoms with Gasteiger partial charge in [0.2, 0.25) is 5.91 Å². The molecule has 1 amide bonds. The second-order valence-electron chi connectivity index (χ2n) is 9.12. The summed E-state index contributed by atoms with van der Waals surface area (Å²) in [5, 5.41) is 16.7. The molecular weight excluding hydrogens is 420 g/mol. The maximum atomic E-state index is 10.4. The summed E-state index contributed by atoms with van der Waals surface area (Å²) in [4.78, 5) is 30.3. The second-order valence-corrected chi connectivity index (χ2v) is 9.12. The molecule has 196 valence electrons. The number of nitrogens with two attached hydrogens (primary N) is 2. The highest BCUT2D eigenvalue weighted by molar-refractivity contribution is 5.83. The van der Waals surface area contributed by atoms with E-state index in [0.29, 0.717) is 6.42 Å². The minimum atomic E-state index is -1.21. The molecule has 0 aliphatic heterocycles. The lowest BCUT2D eigenvalue weighted by molar-refractivity contribution is -0.140. The number of carbonyl (C=O) groups excluding carboxylic acids is 1. The van der Waals surface area contributed by atoms with Crippen LogP contribution < -0.4 is 11.5 Å². The van der Waals surface area contributed by atoms with Crippen LogP contribution in [0.1, 0.15) is 142 Å². The molecule has 0 fully saturated rings. The van der Waals surface area contributed by atoms with Gasteiger partial charge in [-0.1, -0.05) is 122 Å². The standard InChI is InChI=1S/C22H44O2.C4H8N2O3/c1-2-3-4-5-6-7-8-9-10-11-12-13-14-15-16-17-18-19-20-21-22(23)24;5-2(4(8)9)1-3(6)7/h2-21H2,1H3,(H,23,24);2H,1,5H2,(H2,6,7)(H,8,9)/t;2-/m.0/s1. The Morgan fingerprint density at radius 1 is 0.606 bits per heavy atom. The van der Waals surface area contributed by atoms with Crippen molar-refractivity contribution in [3.05, 3.63) is 0 Å². The highest BCUT2D eigenvalue weighted by Crippen LogP contribution is 2.14. The lowest BCUT2D eigenvalue weighted by Gasteiger charge is -2.03. The largest absolute Gasteiger partial charge is 0.481 e. The Kier molecular flexibility index (Phi) is 27.1. The first kappa shape index (κ1) is 33.5. The minimum absolute atomic E-state index is 0.310. The lowest BCUT2D eigenvalue weighted by atomic mass is 10.0. The van der Waals surface area contributed by atoms with Crippen molar-refractivity contribution in [2.45, 2.75) is 148 Å². The fourth-order valence-electron chi connectivity index (χ4n) is 3.66. The molecule has 0 spiro atoms. The summed E-state index contributed by atoms with van der Waals surface area (Å²) < 4.78 is 0. The molecule has 0 aromatic heterocycles. The normalized spacial score (nSPS) is 11.5. The highest BCUT2D eigenvalue weighted by atomic mass is 16.4. The van der Waals surface area contributed by atoms with Gasteiger partial charge in [0.25, 0.3) is 0 Å². The molecule has 7 heteroatoms. The number of unbranched alkanes of at least 4 members (excludes halogenated alkanes) is 18. The van der Waals surface area contributed by atoms with Gasteiger partial charge >= 0.3 is 11.9 Å². The van der Waals surface area contributed by atoms with Crippen LogP contribution >= 0.6 is 0 Å². The summed E-state index contributed by atoms with van der Waals surface area (Å²) in [6, 6.07) is -1.16. The van der Waals surface area contributed by atoms with Crippen LogP contribution in [0.25, 0.3) is 0 Å². The van der Waals surface area contributed by atoms with Gasteiger partial charge in [-0.25, -0.2) is 0 Å². The third kappa shape index (κ3) is 32.6. The van der Waals surface area contributed by atoms with Crippen molar-refractivity contribution in [3.8, 4) is 0 Å². The SMILES string of the molecule is CCCCCCCCCCCCCCCCCCCCCC(=O)O.NC(=O)C[C@H](N)C(=O)O. The van der Waals surface area contributed by atoms with E-state index in [1.54, 1.807) is 0 Å². The fourth-order valence-corrected chi connectivity index (χ4v) is 3.66. The van der Waals surface area contributed by atoms with Gasteiger partial charge in [0.15, 0.2) is 0 Å². The third-order valence-electron chi connectivity index (χ3n) is 5.73. The molecule has 0 aromatic rings. The first-order chi connectivity index (χ1) is 15.8. The molecule has 0 aromatic carbocycles. The van der Waals surface area contributed by atoms with Gasteiger partial charge in [-0.2, -0.15) is 0 Å². The Balaban J connectivity index is 0. The quantitative estimate of drug-likeness (QED) is 0.131. The molecule has 1 atom stereocenters. The molecule has 0 aliphatic rings. The molecule has 0 unspecified atom stereocenters. The van der Waals surface area contributed by atoms with Gasteiger partial charge in [0.05, 0.1) is 6.42 Å². The molecule has 33 heavy (non-hydrogen) atoms. The van der Waals surface area contributed by atoms with Crippen LogP contribution in [-0.2, 0) is 14.4 Å². The molecule has 7 nitrogen and oxygen atoms in total. The molecule has 6 N–H and O–H groups in total. The number of hydrogen-bond acceptors (Lipinski definition) is 4. The van der Waals surface area contributed by atoms with Gasteiger partial charge in [-0.05, 0) is 6.42 Å². The van der Waals surface area contributed by atoms with Crippen molar-refractivity contribution in [1.82, 2.24) is 0 Å². The van der Waals surface area contributed by atoms with Gasteiger partial charge in [0.1, 0.15) is 6.04 Å². The summed E-state index contributed by atoms with van der Waals surface area (Å²) in [5.74, 6) is -2.57. The number of carboxylic acid groups (broad SMARTS) is 2. The van der Waals surface area contributed by atoms with E-state index in [0.717, 1.165) is 12.8 Å². The third-order valence-corrected chi connectivity index (χ3v) is 5.73. The molecule has 0 saturated heterocycles. The van der Waals surface area contributed by atoms with E-state index in [9.17, 15) is 14.4 Å². The van der Waals surface area contributed by atoms with Crippen LogP contribution in [0.15, 0.2) is 0 Å². The minimum Gasteiger partial charge on any atom is -0.481 e. The maximum absolute atomic E-state index is 10.4. The van der Waals surface area contributed by atoms with E-state index < -0.39 is 23.9 Å². The Morgan fingerprint density at radius 3 is 1.12 bits per heavy atom. The first-order valence-corrected chi connectivity index (χ1v) is 13.3. The number of amides is 1. The first-order valence-electron chi connectivity index (χ1n) is 13.3. The smallest absolute Gasteiger partial charge is 0.321 e. The predicted octanol–water partition coefficient (Wildman–Crippen LogP) is 6.17. The molecular formula is C26H52N2O5. The van der Waals surface area contributed by atoms with E-state index in [-0.39, 0.29) is 6.42 Å². The molecule has 0 aliphatic carbocycles. The zero-order chi connectivity index (χ0) is 25.2. The summed E-state index contributed by atoms with van der Waals surface area (Å²) in [5.41, 5.74) is 9.57. The second kappa shape index (κ2) is 26.6. The number of hydrogen-bond donors (Lipinski definition) is 4. The van der Waals surface area contributed by atoms with Crippen molar-refractivity contribution >= 4 is 17.8 Å². The Morgan fingerprint density at radius 2 is 0.909 bits per heavy atom. The van der Waals surface area contributed by atoms with Crippen LogP contribution in [0, 0.1) is 0 Å². The molecule has 0 rings (SSSR count). The summed E-state index contributed by atoms with van der Waals surface area (Å²) in [7, 11) is 0. The summed E-state index contributed by atoms with van der Waals surface area (Å²) in [6.45, 7) is 2.28. The van der Waals surface area contributed by atoms with Crippen molar-refractivity contribution < 1.29 is 24.6 Å². The molecule has 0 bridgehead atoms. The van der Waals surface area contributed by atoms with E-state index >= 15 is 0 Å².